The third-order valence-electron chi connectivity index (χ3n) is 4.08. The number of urea groups is 1. The van der Waals surface area contributed by atoms with E-state index in [0.29, 0.717) is 23.5 Å². The fourth-order valence-corrected chi connectivity index (χ4v) is 3.13. The van der Waals surface area contributed by atoms with Crippen molar-refractivity contribution < 1.29 is 4.79 Å². The summed E-state index contributed by atoms with van der Waals surface area (Å²) >= 11 is 3.43. The van der Waals surface area contributed by atoms with Gasteiger partial charge in [0, 0.05) is 23.9 Å². The van der Waals surface area contributed by atoms with Crippen LogP contribution in [0.2, 0.25) is 0 Å². The van der Waals surface area contributed by atoms with E-state index in [1.165, 1.54) is 6.42 Å². The number of aromatic nitrogens is 4. The molecule has 1 aliphatic rings. The molecule has 3 heterocycles. The Balaban J connectivity index is 1.47. The van der Waals surface area contributed by atoms with E-state index < -0.39 is 0 Å². The number of nitrogens with zero attached hydrogens (tertiary/aromatic N) is 3. The number of aromatic amines is 1. The van der Waals surface area contributed by atoms with Crippen LogP contribution in [0.3, 0.4) is 0 Å². The summed E-state index contributed by atoms with van der Waals surface area (Å²) in [6.07, 6.45) is 4.62. The van der Waals surface area contributed by atoms with Crippen LogP contribution in [0.25, 0.3) is 5.65 Å². The molecule has 4 rings (SSSR count). The quantitative estimate of drug-likeness (QED) is 0.654. The average molecular weight is 375 g/mol. The molecule has 8 heteroatoms. The van der Waals surface area contributed by atoms with E-state index in [1.807, 2.05) is 24.4 Å². The number of rotatable bonds is 3. The topological polar surface area (TPSA) is 87.1 Å². The molecule has 3 aromatic rings. The van der Waals surface area contributed by atoms with Crippen molar-refractivity contribution in [1.82, 2.24) is 19.6 Å². The normalized spacial score (nSPS) is 19.7. The van der Waals surface area contributed by atoms with E-state index in [0.717, 1.165) is 15.8 Å². The minimum atomic E-state index is -0.353. The average Bonchev–Trinajstić information content (AvgIpc) is 2.92. The predicted molar refractivity (Wildman–Crippen MR) is 90.6 cm³/mol. The van der Waals surface area contributed by atoms with Gasteiger partial charge in [0.15, 0.2) is 11.5 Å². The largest absolute Gasteiger partial charge is 0.326 e. The molecule has 2 atom stereocenters. The summed E-state index contributed by atoms with van der Waals surface area (Å²) in [7, 11) is 0. The van der Waals surface area contributed by atoms with E-state index >= 15 is 0 Å². The molecule has 7 nitrogen and oxygen atoms in total. The number of carbonyl (C=O) groups is 1. The summed E-state index contributed by atoms with van der Waals surface area (Å²) in [4.78, 5) is 16.4. The van der Waals surface area contributed by atoms with Crippen molar-refractivity contribution in [3.05, 3.63) is 40.8 Å². The van der Waals surface area contributed by atoms with Gasteiger partial charge in [0.1, 0.15) is 5.82 Å². The standard InChI is InChI=1S/C15H15BrN6O/c1-8-5-9(8)11-6-12(21-20-11)18-15(23)19-13-7-17-14-10(16)3-2-4-22(13)14/h2-4,6-9H,5H2,1H3,(H3,18,19,20,21,23). The first-order valence-electron chi connectivity index (χ1n) is 7.36. The van der Waals surface area contributed by atoms with Gasteiger partial charge in [-0.2, -0.15) is 5.10 Å². The molecule has 1 aliphatic carbocycles. The van der Waals surface area contributed by atoms with E-state index in [9.17, 15) is 4.79 Å². The Morgan fingerprint density at radius 3 is 3.09 bits per heavy atom. The van der Waals surface area contributed by atoms with Crippen LogP contribution < -0.4 is 10.6 Å². The molecular formula is C15H15BrN6O. The third-order valence-corrected chi connectivity index (χ3v) is 4.70. The molecule has 23 heavy (non-hydrogen) atoms. The van der Waals surface area contributed by atoms with Gasteiger partial charge >= 0.3 is 6.03 Å². The molecule has 0 saturated heterocycles. The molecule has 0 aliphatic heterocycles. The number of hydrogen-bond acceptors (Lipinski definition) is 3. The maximum atomic E-state index is 12.1. The van der Waals surface area contributed by atoms with Gasteiger partial charge in [-0.05, 0) is 40.4 Å². The number of pyridine rings is 1. The van der Waals surface area contributed by atoms with E-state index in [4.69, 9.17) is 0 Å². The molecule has 0 aromatic carbocycles. The van der Waals surface area contributed by atoms with Crippen LogP contribution >= 0.6 is 15.9 Å². The Bertz CT molecular complexity index is 885. The van der Waals surface area contributed by atoms with Crippen molar-refractivity contribution in [2.75, 3.05) is 10.6 Å². The molecule has 1 saturated carbocycles. The SMILES string of the molecule is CC1CC1c1cc(NC(=O)Nc2cnc3c(Br)cccn23)n[nH]1. The second kappa shape index (κ2) is 5.38. The molecule has 3 N–H and O–H groups in total. The van der Waals surface area contributed by atoms with Crippen LogP contribution in [0.1, 0.15) is 25.0 Å². The Labute approximate surface area is 140 Å². The highest BCUT2D eigenvalue weighted by molar-refractivity contribution is 9.10. The number of imidazole rings is 1. The first kappa shape index (κ1) is 14.3. The Morgan fingerprint density at radius 2 is 2.30 bits per heavy atom. The summed E-state index contributed by atoms with van der Waals surface area (Å²) in [5.74, 6) is 2.34. The van der Waals surface area contributed by atoms with Crippen molar-refractivity contribution >= 4 is 39.2 Å². The highest BCUT2D eigenvalue weighted by Gasteiger charge is 2.35. The number of carbonyl (C=O) groups excluding carboxylic acids is 1. The number of amides is 2. The first-order valence-corrected chi connectivity index (χ1v) is 8.16. The van der Waals surface area contributed by atoms with Gasteiger partial charge in [0.05, 0.1) is 10.7 Å². The lowest BCUT2D eigenvalue weighted by Gasteiger charge is -2.05. The van der Waals surface area contributed by atoms with Crippen LogP contribution in [-0.2, 0) is 0 Å². The van der Waals surface area contributed by atoms with Crippen molar-refractivity contribution in [1.29, 1.82) is 0 Å². The summed E-state index contributed by atoms with van der Waals surface area (Å²) in [5, 5.41) is 12.6. The highest BCUT2D eigenvalue weighted by atomic mass is 79.9. The molecular weight excluding hydrogens is 360 g/mol. The molecule has 0 spiro atoms. The number of halogens is 1. The summed E-state index contributed by atoms with van der Waals surface area (Å²) < 4.78 is 2.66. The smallest absolute Gasteiger partial charge is 0.292 e. The lowest BCUT2D eigenvalue weighted by atomic mass is 10.2. The van der Waals surface area contributed by atoms with Gasteiger partial charge in [-0.15, -0.1) is 0 Å². The van der Waals surface area contributed by atoms with Gasteiger partial charge in [0.25, 0.3) is 0 Å². The van der Waals surface area contributed by atoms with Crippen molar-refractivity contribution in [2.45, 2.75) is 19.3 Å². The molecule has 0 radical (unpaired) electrons. The van der Waals surface area contributed by atoms with Crippen LogP contribution in [-0.4, -0.2) is 25.6 Å². The summed E-state index contributed by atoms with van der Waals surface area (Å²) in [6, 6.07) is 5.31. The fourth-order valence-electron chi connectivity index (χ4n) is 2.68. The number of H-pyrrole nitrogens is 1. The maximum absolute atomic E-state index is 12.1. The molecule has 2 unspecified atom stereocenters. The number of fused-ring (bicyclic) bond motifs is 1. The first-order chi connectivity index (χ1) is 11.1. The van der Waals surface area contributed by atoms with Crippen LogP contribution in [0.4, 0.5) is 16.4 Å². The zero-order valence-corrected chi connectivity index (χ0v) is 14.0. The predicted octanol–water partition coefficient (Wildman–Crippen LogP) is 3.59. The Morgan fingerprint density at radius 1 is 1.48 bits per heavy atom. The van der Waals surface area contributed by atoms with Crippen LogP contribution in [0.5, 0.6) is 0 Å². The Hall–Kier alpha value is -2.35. The number of hydrogen-bond donors (Lipinski definition) is 3. The number of anilines is 2. The third kappa shape index (κ3) is 2.70. The lowest BCUT2D eigenvalue weighted by Crippen LogP contribution is -2.20. The molecule has 0 bridgehead atoms. The van der Waals surface area contributed by atoms with Gasteiger partial charge in [-0.25, -0.2) is 9.78 Å². The van der Waals surface area contributed by atoms with E-state index in [-0.39, 0.29) is 6.03 Å². The summed E-state index contributed by atoms with van der Waals surface area (Å²) in [5.41, 5.74) is 1.82. The van der Waals surface area contributed by atoms with Crippen molar-refractivity contribution in [3.8, 4) is 0 Å². The Kier molecular flexibility index (Phi) is 3.33. The van der Waals surface area contributed by atoms with Gasteiger partial charge in [-0.3, -0.25) is 20.1 Å². The van der Waals surface area contributed by atoms with Crippen LogP contribution in [0.15, 0.2) is 35.1 Å². The fraction of sp³-hybridized carbons (Fsp3) is 0.267. The zero-order valence-electron chi connectivity index (χ0n) is 12.4. The van der Waals surface area contributed by atoms with Crippen molar-refractivity contribution in [3.63, 3.8) is 0 Å². The van der Waals surface area contributed by atoms with Crippen molar-refractivity contribution in [2.24, 2.45) is 5.92 Å². The molecule has 1 fully saturated rings. The van der Waals surface area contributed by atoms with Gasteiger partial charge < -0.3 is 0 Å². The van der Waals surface area contributed by atoms with Crippen LogP contribution in [0, 0.1) is 5.92 Å². The number of nitrogens with one attached hydrogen (secondary N) is 3. The zero-order chi connectivity index (χ0) is 16.0. The lowest BCUT2D eigenvalue weighted by molar-refractivity contribution is 0.262. The van der Waals surface area contributed by atoms with E-state index in [2.05, 4.69) is 48.7 Å². The molecule has 118 valence electrons. The second-order valence-corrected chi connectivity index (χ2v) is 6.65. The highest BCUT2D eigenvalue weighted by Crippen LogP contribution is 2.46. The summed E-state index contributed by atoms with van der Waals surface area (Å²) in [6.45, 7) is 2.20. The molecule has 3 aromatic heterocycles. The minimum Gasteiger partial charge on any atom is -0.292 e. The molecule has 2 amide bonds. The monoisotopic (exact) mass is 374 g/mol. The van der Waals surface area contributed by atoms with Gasteiger partial charge in [-0.1, -0.05) is 6.92 Å². The second-order valence-electron chi connectivity index (χ2n) is 5.80. The van der Waals surface area contributed by atoms with E-state index in [1.54, 1.807) is 10.6 Å². The minimum absolute atomic E-state index is 0.353. The van der Waals surface area contributed by atoms with Gasteiger partial charge in [0.2, 0.25) is 0 Å². The maximum Gasteiger partial charge on any atom is 0.326 e.